The van der Waals surface area contributed by atoms with E-state index in [1.54, 1.807) is 18.2 Å². The van der Waals surface area contributed by atoms with Gasteiger partial charge in [0.05, 0.1) is 18.2 Å². The first kappa shape index (κ1) is 29.1. The number of carboxylic acid groups (broad SMARTS) is 1. The standard InChI is InChI=1S/C24H25N5O3.C2HF3O2/c1-15(2)31-21-6-5-19(12-20(21)13-25)24-27-23(28-32-24)18-4-3-16-7-9-29(22(30)14-26)10-8-17(16)11-18;3-2(4,5)1(6)7/h3-6,11-12,15H,7-10,14,26H2,1-2H3;(H,6,7). The number of halogens is 3. The van der Waals surface area contributed by atoms with Crippen LogP contribution in [0.4, 0.5) is 13.2 Å². The fourth-order valence-corrected chi connectivity index (χ4v) is 3.81. The minimum Gasteiger partial charge on any atom is -0.490 e. The normalized spacial score (nSPS) is 13.0. The molecule has 1 aliphatic rings. The van der Waals surface area contributed by atoms with E-state index in [1.165, 1.54) is 11.1 Å². The third-order valence-corrected chi connectivity index (χ3v) is 5.67. The van der Waals surface area contributed by atoms with E-state index in [0.717, 1.165) is 18.4 Å². The van der Waals surface area contributed by atoms with Gasteiger partial charge in [0, 0.05) is 24.2 Å². The predicted octanol–water partition coefficient (Wildman–Crippen LogP) is 3.58. The van der Waals surface area contributed by atoms with Gasteiger partial charge >= 0.3 is 12.1 Å². The number of fused-ring (bicyclic) bond motifs is 1. The van der Waals surface area contributed by atoms with Crippen LogP contribution in [0.1, 0.15) is 30.5 Å². The Kier molecular flexibility index (Phi) is 9.26. The molecule has 0 bridgehead atoms. The van der Waals surface area contributed by atoms with Crippen molar-refractivity contribution in [1.29, 1.82) is 5.26 Å². The monoisotopic (exact) mass is 545 g/mol. The summed E-state index contributed by atoms with van der Waals surface area (Å²) in [5.74, 6) is -1.45. The molecule has 3 N–H and O–H groups in total. The van der Waals surface area contributed by atoms with Crippen LogP contribution in [0, 0.1) is 11.3 Å². The Labute approximate surface area is 221 Å². The molecule has 1 aromatic heterocycles. The molecule has 4 rings (SSSR count). The van der Waals surface area contributed by atoms with Gasteiger partial charge < -0.3 is 25.0 Å². The second-order valence-electron chi connectivity index (χ2n) is 8.78. The maximum Gasteiger partial charge on any atom is 0.490 e. The lowest BCUT2D eigenvalue weighted by Gasteiger charge is -2.18. The summed E-state index contributed by atoms with van der Waals surface area (Å²) in [5, 5.41) is 20.7. The summed E-state index contributed by atoms with van der Waals surface area (Å²) in [5.41, 5.74) is 9.81. The number of aromatic nitrogens is 2. The number of alkyl halides is 3. The maximum atomic E-state index is 12.0. The number of rotatable bonds is 5. The van der Waals surface area contributed by atoms with Crippen molar-refractivity contribution >= 4 is 11.9 Å². The number of ether oxygens (including phenoxy) is 1. The van der Waals surface area contributed by atoms with Crippen LogP contribution >= 0.6 is 0 Å². The second-order valence-corrected chi connectivity index (χ2v) is 8.78. The predicted molar refractivity (Wildman–Crippen MR) is 132 cm³/mol. The lowest BCUT2D eigenvalue weighted by atomic mass is 10.00. The number of carbonyl (C=O) groups excluding carboxylic acids is 1. The molecule has 0 atom stereocenters. The molecule has 206 valence electrons. The van der Waals surface area contributed by atoms with Gasteiger partial charge in [-0.3, -0.25) is 4.79 Å². The molecule has 2 aromatic carbocycles. The van der Waals surface area contributed by atoms with Crippen LogP contribution in [0.15, 0.2) is 40.9 Å². The van der Waals surface area contributed by atoms with Gasteiger partial charge in [-0.1, -0.05) is 17.3 Å². The quantitative estimate of drug-likeness (QED) is 0.489. The molecule has 0 radical (unpaired) electrons. The van der Waals surface area contributed by atoms with Gasteiger partial charge in [-0.05, 0) is 62.1 Å². The number of nitrogens with two attached hydrogens (primary N) is 1. The molecular formula is C26H26F3N5O5. The van der Waals surface area contributed by atoms with Crippen LogP contribution in [0.3, 0.4) is 0 Å². The highest BCUT2D eigenvalue weighted by atomic mass is 19.4. The van der Waals surface area contributed by atoms with Crippen LogP contribution in [0.2, 0.25) is 0 Å². The molecule has 3 aromatic rings. The van der Waals surface area contributed by atoms with Crippen molar-refractivity contribution in [3.05, 3.63) is 53.1 Å². The van der Waals surface area contributed by atoms with Gasteiger partial charge in [0.15, 0.2) is 0 Å². The van der Waals surface area contributed by atoms with Crippen molar-refractivity contribution in [3.8, 4) is 34.7 Å². The second kappa shape index (κ2) is 12.4. The zero-order valence-corrected chi connectivity index (χ0v) is 21.2. The zero-order valence-electron chi connectivity index (χ0n) is 21.2. The highest BCUT2D eigenvalue weighted by Gasteiger charge is 2.38. The van der Waals surface area contributed by atoms with Crippen molar-refractivity contribution in [1.82, 2.24) is 15.0 Å². The Bertz CT molecular complexity index is 1380. The Hall–Kier alpha value is -4.44. The minimum atomic E-state index is -5.08. The van der Waals surface area contributed by atoms with Crippen LogP contribution in [-0.2, 0) is 22.4 Å². The maximum absolute atomic E-state index is 12.0. The van der Waals surface area contributed by atoms with E-state index in [-0.39, 0.29) is 18.6 Å². The number of carbonyl (C=O) groups is 2. The van der Waals surface area contributed by atoms with Gasteiger partial charge in [-0.25, -0.2) is 4.79 Å². The molecular weight excluding hydrogens is 519 g/mol. The number of nitriles is 1. The highest BCUT2D eigenvalue weighted by molar-refractivity contribution is 5.78. The molecule has 2 heterocycles. The number of carboxylic acids is 1. The van der Waals surface area contributed by atoms with E-state index in [1.807, 2.05) is 24.8 Å². The number of benzene rings is 2. The van der Waals surface area contributed by atoms with Crippen molar-refractivity contribution in [2.24, 2.45) is 5.73 Å². The molecule has 1 amide bonds. The topological polar surface area (TPSA) is 156 Å². The summed E-state index contributed by atoms with van der Waals surface area (Å²) < 4.78 is 42.9. The summed E-state index contributed by atoms with van der Waals surface area (Å²) in [4.78, 5) is 27.2. The number of amides is 1. The average molecular weight is 546 g/mol. The van der Waals surface area contributed by atoms with Gasteiger partial charge in [-0.15, -0.1) is 0 Å². The molecule has 1 aliphatic heterocycles. The Balaban J connectivity index is 0.000000532. The first-order valence-corrected chi connectivity index (χ1v) is 11.9. The van der Waals surface area contributed by atoms with Crippen molar-refractivity contribution in [2.75, 3.05) is 19.6 Å². The van der Waals surface area contributed by atoms with Crippen LogP contribution in [0.25, 0.3) is 22.8 Å². The van der Waals surface area contributed by atoms with E-state index in [2.05, 4.69) is 28.3 Å². The van der Waals surface area contributed by atoms with E-state index in [9.17, 15) is 23.2 Å². The van der Waals surface area contributed by atoms with E-state index in [0.29, 0.717) is 41.7 Å². The molecule has 0 unspecified atom stereocenters. The molecule has 0 spiro atoms. The van der Waals surface area contributed by atoms with Gasteiger partial charge in [0.2, 0.25) is 11.7 Å². The van der Waals surface area contributed by atoms with Gasteiger partial charge in [0.25, 0.3) is 5.89 Å². The van der Waals surface area contributed by atoms with Gasteiger partial charge in [-0.2, -0.15) is 23.4 Å². The highest BCUT2D eigenvalue weighted by Crippen LogP contribution is 2.29. The first-order valence-electron chi connectivity index (χ1n) is 11.9. The molecule has 13 heteroatoms. The molecule has 0 saturated heterocycles. The number of hydrogen-bond acceptors (Lipinski definition) is 8. The Morgan fingerprint density at radius 3 is 2.38 bits per heavy atom. The van der Waals surface area contributed by atoms with E-state index >= 15 is 0 Å². The van der Waals surface area contributed by atoms with E-state index in [4.69, 9.17) is 24.9 Å². The van der Waals surface area contributed by atoms with Crippen molar-refractivity contribution in [2.45, 2.75) is 39.0 Å². The smallest absolute Gasteiger partial charge is 0.490 e. The summed E-state index contributed by atoms with van der Waals surface area (Å²) in [7, 11) is 0. The van der Waals surface area contributed by atoms with E-state index < -0.39 is 12.1 Å². The lowest BCUT2D eigenvalue weighted by molar-refractivity contribution is -0.192. The van der Waals surface area contributed by atoms with Crippen LogP contribution < -0.4 is 10.5 Å². The number of nitrogens with zero attached hydrogens (tertiary/aromatic N) is 4. The molecule has 39 heavy (non-hydrogen) atoms. The minimum absolute atomic E-state index is 0.0256. The summed E-state index contributed by atoms with van der Waals surface area (Å²) >= 11 is 0. The molecule has 0 saturated carbocycles. The third-order valence-electron chi connectivity index (χ3n) is 5.67. The molecule has 10 nitrogen and oxygen atoms in total. The van der Waals surface area contributed by atoms with Crippen LogP contribution in [-0.4, -0.2) is 63.9 Å². The summed E-state index contributed by atoms with van der Waals surface area (Å²) in [6, 6.07) is 13.5. The largest absolute Gasteiger partial charge is 0.490 e. The zero-order chi connectivity index (χ0) is 28.7. The molecule has 0 fully saturated rings. The first-order chi connectivity index (χ1) is 18.4. The van der Waals surface area contributed by atoms with Crippen molar-refractivity contribution in [3.63, 3.8) is 0 Å². The Morgan fingerprint density at radius 2 is 1.79 bits per heavy atom. The molecule has 0 aliphatic carbocycles. The van der Waals surface area contributed by atoms with Crippen molar-refractivity contribution < 1.29 is 37.1 Å². The van der Waals surface area contributed by atoms with Crippen LogP contribution in [0.5, 0.6) is 5.75 Å². The average Bonchev–Trinajstić information content (AvgIpc) is 3.29. The fourth-order valence-electron chi connectivity index (χ4n) is 3.81. The third kappa shape index (κ3) is 7.55. The summed E-state index contributed by atoms with van der Waals surface area (Å²) in [6.07, 6.45) is -3.57. The fraction of sp³-hybridized carbons (Fsp3) is 0.346. The lowest BCUT2D eigenvalue weighted by Crippen LogP contribution is -2.37. The number of hydrogen-bond donors (Lipinski definition) is 2. The number of aliphatic carboxylic acids is 1. The Morgan fingerprint density at radius 1 is 1.15 bits per heavy atom. The SMILES string of the molecule is CC(C)Oc1ccc(-c2nc(-c3ccc4c(c3)CCN(C(=O)CN)CC4)no2)cc1C#N.O=C(O)C(F)(F)F. The summed E-state index contributed by atoms with van der Waals surface area (Å²) in [6.45, 7) is 5.17. The van der Waals surface area contributed by atoms with Gasteiger partial charge in [0.1, 0.15) is 11.8 Å².